The maximum atomic E-state index is 13.4. The number of hydrogen-bond donors (Lipinski definition) is 0. The molecule has 29 heavy (non-hydrogen) atoms. The van der Waals surface area contributed by atoms with E-state index in [4.69, 9.17) is 18.9 Å². The molecular formula is C22H20N2O4S. The summed E-state index contributed by atoms with van der Waals surface area (Å²) in [7, 11) is 1.64. The van der Waals surface area contributed by atoms with E-state index in [9.17, 15) is 4.79 Å². The van der Waals surface area contributed by atoms with E-state index in [2.05, 4.69) is 0 Å². The lowest BCUT2D eigenvalue weighted by atomic mass is 10.2. The van der Waals surface area contributed by atoms with Crippen LogP contribution in [0.25, 0.3) is 21.2 Å². The van der Waals surface area contributed by atoms with Gasteiger partial charge >= 0.3 is 0 Å². The molecule has 4 aromatic rings. The van der Waals surface area contributed by atoms with E-state index in [0.29, 0.717) is 23.0 Å². The fraction of sp³-hybridized carbons (Fsp3) is 0.273. The van der Waals surface area contributed by atoms with Crippen LogP contribution < -0.4 is 9.64 Å². The van der Waals surface area contributed by atoms with Gasteiger partial charge < -0.3 is 13.9 Å². The summed E-state index contributed by atoms with van der Waals surface area (Å²) in [6.07, 6.45) is 1.95. The fourth-order valence-electron chi connectivity index (χ4n) is 3.60. The number of amides is 1. The molecule has 0 unspecified atom stereocenters. The summed E-state index contributed by atoms with van der Waals surface area (Å²) >= 11 is 1.46. The number of carbonyl (C=O) groups excluding carboxylic acids is 1. The van der Waals surface area contributed by atoms with Crippen molar-refractivity contribution in [3.63, 3.8) is 0 Å². The zero-order valence-electron chi connectivity index (χ0n) is 16.0. The lowest BCUT2D eigenvalue weighted by Gasteiger charge is -2.22. The first-order valence-corrected chi connectivity index (χ1v) is 10.4. The molecule has 1 fully saturated rings. The highest BCUT2D eigenvalue weighted by atomic mass is 32.1. The van der Waals surface area contributed by atoms with Gasteiger partial charge in [0.1, 0.15) is 11.3 Å². The molecule has 0 saturated carbocycles. The Morgan fingerprint density at radius 3 is 2.97 bits per heavy atom. The van der Waals surface area contributed by atoms with Gasteiger partial charge in [-0.25, -0.2) is 4.98 Å². The van der Waals surface area contributed by atoms with Gasteiger partial charge in [-0.3, -0.25) is 9.69 Å². The van der Waals surface area contributed by atoms with Crippen molar-refractivity contribution in [3.05, 3.63) is 54.3 Å². The van der Waals surface area contributed by atoms with E-state index in [1.807, 2.05) is 42.5 Å². The number of anilines is 1. The van der Waals surface area contributed by atoms with Gasteiger partial charge in [0.05, 0.1) is 30.0 Å². The lowest BCUT2D eigenvalue weighted by molar-refractivity contribution is 0.0896. The minimum Gasteiger partial charge on any atom is -0.497 e. The number of aromatic nitrogens is 1. The molecule has 0 spiro atoms. The Morgan fingerprint density at radius 2 is 2.17 bits per heavy atom. The highest BCUT2D eigenvalue weighted by Gasteiger charge is 2.29. The van der Waals surface area contributed by atoms with Crippen LogP contribution in [0.1, 0.15) is 23.4 Å². The monoisotopic (exact) mass is 408 g/mol. The van der Waals surface area contributed by atoms with E-state index in [1.54, 1.807) is 18.1 Å². The average Bonchev–Trinajstić information content (AvgIpc) is 3.49. The third-order valence-electron chi connectivity index (χ3n) is 5.11. The minimum absolute atomic E-state index is 0.00452. The first-order chi connectivity index (χ1) is 14.2. The van der Waals surface area contributed by atoms with E-state index < -0.39 is 0 Å². The van der Waals surface area contributed by atoms with E-state index in [-0.39, 0.29) is 12.0 Å². The van der Waals surface area contributed by atoms with Gasteiger partial charge in [-0.05, 0) is 43.2 Å². The number of para-hydroxylation sites is 1. The maximum absolute atomic E-state index is 13.4. The number of furan rings is 1. The molecule has 2 aromatic heterocycles. The van der Waals surface area contributed by atoms with Crippen LogP contribution in [0.5, 0.6) is 5.75 Å². The van der Waals surface area contributed by atoms with Crippen LogP contribution in [-0.4, -0.2) is 37.3 Å². The summed E-state index contributed by atoms with van der Waals surface area (Å²) in [5, 5.41) is 1.54. The summed E-state index contributed by atoms with van der Waals surface area (Å²) in [6, 6.07) is 15.1. The number of ether oxygens (including phenoxy) is 2. The Morgan fingerprint density at radius 1 is 1.28 bits per heavy atom. The van der Waals surface area contributed by atoms with Crippen molar-refractivity contribution >= 4 is 43.6 Å². The molecule has 1 atom stereocenters. The zero-order valence-corrected chi connectivity index (χ0v) is 16.8. The van der Waals surface area contributed by atoms with Crippen LogP contribution >= 0.6 is 11.3 Å². The molecule has 2 aromatic carbocycles. The predicted octanol–water partition coefficient (Wildman–Crippen LogP) is 4.88. The third kappa shape index (κ3) is 3.47. The first kappa shape index (κ1) is 18.1. The molecule has 1 aliphatic heterocycles. The molecule has 148 valence electrons. The van der Waals surface area contributed by atoms with Crippen molar-refractivity contribution in [2.45, 2.75) is 18.9 Å². The van der Waals surface area contributed by atoms with E-state index in [0.717, 1.165) is 40.8 Å². The number of thiazole rings is 1. The van der Waals surface area contributed by atoms with Crippen molar-refractivity contribution in [1.29, 1.82) is 0 Å². The number of hydrogen-bond acceptors (Lipinski definition) is 6. The summed E-state index contributed by atoms with van der Waals surface area (Å²) in [6.45, 7) is 1.18. The van der Waals surface area contributed by atoms with Crippen molar-refractivity contribution in [3.8, 4) is 5.75 Å². The molecular weight excluding hydrogens is 388 g/mol. The zero-order chi connectivity index (χ0) is 19.8. The normalized spacial score (nSPS) is 16.5. The molecule has 1 saturated heterocycles. The fourth-order valence-corrected chi connectivity index (χ4v) is 4.60. The largest absolute Gasteiger partial charge is 0.497 e. The molecule has 3 heterocycles. The summed E-state index contributed by atoms with van der Waals surface area (Å²) in [5.41, 5.74) is 1.53. The van der Waals surface area contributed by atoms with Crippen molar-refractivity contribution in [2.24, 2.45) is 0 Å². The van der Waals surface area contributed by atoms with Crippen molar-refractivity contribution in [2.75, 3.05) is 25.2 Å². The van der Waals surface area contributed by atoms with Gasteiger partial charge in [-0.1, -0.05) is 29.5 Å². The van der Waals surface area contributed by atoms with Gasteiger partial charge in [-0.15, -0.1) is 0 Å². The van der Waals surface area contributed by atoms with Gasteiger partial charge in [0.2, 0.25) is 0 Å². The van der Waals surface area contributed by atoms with Gasteiger partial charge in [-0.2, -0.15) is 0 Å². The second kappa shape index (κ2) is 7.50. The average molecular weight is 408 g/mol. The second-order valence-corrected chi connectivity index (χ2v) is 8.04. The van der Waals surface area contributed by atoms with Crippen LogP contribution in [0.2, 0.25) is 0 Å². The second-order valence-electron chi connectivity index (χ2n) is 7.03. The smallest absolute Gasteiger partial charge is 0.295 e. The highest BCUT2D eigenvalue weighted by Crippen LogP contribution is 2.33. The van der Waals surface area contributed by atoms with E-state index >= 15 is 0 Å². The Balaban J connectivity index is 1.54. The Labute approximate surface area is 171 Å². The van der Waals surface area contributed by atoms with Crippen LogP contribution in [0, 0.1) is 0 Å². The third-order valence-corrected chi connectivity index (χ3v) is 6.15. The minimum atomic E-state index is -0.206. The quantitative estimate of drug-likeness (QED) is 0.471. The standard InChI is InChI=1S/C22H20N2O4S/c1-26-15-8-9-17-20(12-15)29-22(23-17)24(13-16-6-4-10-27-16)21(25)19-11-14-5-2-3-7-18(14)28-19/h2-3,5,7-9,11-12,16H,4,6,10,13H2,1H3/t16-/m1/s1. The molecule has 0 N–H and O–H groups in total. The maximum Gasteiger partial charge on any atom is 0.295 e. The highest BCUT2D eigenvalue weighted by molar-refractivity contribution is 7.22. The molecule has 0 radical (unpaired) electrons. The van der Waals surface area contributed by atoms with Crippen molar-refractivity contribution < 1.29 is 18.7 Å². The van der Waals surface area contributed by atoms with Crippen LogP contribution in [0.3, 0.4) is 0 Å². The number of benzene rings is 2. The number of fused-ring (bicyclic) bond motifs is 2. The molecule has 0 aliphatic carbocycles. The molecule has 0 bridgehead atoms. The van der Waals surface area contributed by atoms with Gasteiger partial charge in [0.25, 0.3) is 5.91 Å². The van der Waals surface area contributed by atoms with E-state index in [1.165, 1.54) is 11.3 Å². The molecule has 7 heteroatoms. The lowest BCUT2D eigenvalue weighted by Crippen LogP contribution is -2.37. The number of nitrogens with zero attached hydrogens (tertiary/aromatic N) is 2. The van der Waals surface area contributed by atoms with Crippen LogP contribution in [0.4, 0.5) is 5.13 Å². The molecule has 1 amide bonds. The van der Waals surface area contributed by atoms with Crippen molar-refractivity contribution in [1.82, 2.24) is 4.98 Å². The summed E-state index contributed by atoms with van der Waals surface area (Å²) in [5.74, 6) is 0.866. The van der Waals surface area contributed by atoms with Crippen LogP contribution in [-0.2, 0) is 4.74 Å². The molecule has 5 rings (SSSR count). The molecule has 1 aliphatic rings. The number of rotatable bonds is 5. The first-order valence-electron chi connectivity index (χ1n) is 9.58. The SMILES string of the molecule is COc1ccc2nc(N(C[C@H]3CCCO3)C(=O)c3cc4ccccc4o3)sc2c1. The number of methoxy groups -OCH3 is 1. The number of carbonyl (C=O) groups is 1. The Bertz CT molecular complexity index is 1140. The summed E-state index contributed by atoms with van der Waals surface area (Å²) in [4.78, 5) is 19.8. The predicted molar refractivity (Wildman–Crippen MR) is 113 cm³/mol. The summed E-state index contributed by atoms with van der Waals surface area (Å²) < 4.78 is 17.9. The molecule has 6 nitrogen and oxygen atoms in total. The Hall–Kier alpha value is -2.90. The van der Waals surface area contributed by atoms with Crippen LogP contribution in [0.15, 0.2) is 52.9 Å². The van der Waals surface area contributed by atoms with Gasteiger partial charge in [0.15, 0.2) is 10.9 Å². The Kier molecular flexibility index (Phi) is 4.69. The topological polar surface area (TPSA) is 64.8 Å². The van der Waals surface area contributed by atoms with Gasteiger partial charge in [0, 0.05) is 12.0 Å².